The van der Waals surface area contributed by atoms with Crippen molar-refractivity contribution in [2.75, 3.05) is 25.0 Å². The van der Waals surface area contributed by atoms with E-state index in [1.165, 1.54) is 4.90 Å². The number of rotatable bonds is 5. The molecule has 0 saturated carbocycles. The second kappa shape index (κ2) is 9.91. The number of alkyl carbamates (subject to hydrolysis) is 1. The third-order valence-corrected chi connectivity index (χ3v) is 4.44. The number of aromatic nitrogens is 1. The standard InChI is InChI=1S/C17H24N4O4S/c1-2-25-16(22)20-15(26)19-14-5-3-4-13(18-14)7-6-12-8-10-21(11-9-12)17(23)24/h3-5,12H,2,6-11H2,1H3,(H,23,24)(H2,18,19,20,22,26). The van der Waals surface area contributed by atoms with Gasteiger partial charge >= 0.3 is 12.2 Å². The van der Waals surface area contributed by atoms with Crippen molar-refractivity contribution in [1.82, 2.24) is 15.2 Å². The minimum Gasteiger partial charge on any atom is -0.465 e. The summed E-state index contributed by atoms with van der Waals surface area (Å²) >= 11 is 5.05. The van der Waals surface area contributed by atoms with Crippen LogP contribution in [0, 0.1) is 5.92 Å². The zero-order chi connectivity index (χ0) is 18.9. The van der Waals surface area contributed by atoms with Gasteiger partial charge in [-0.2, -0.15) is 0 Å². The lowest BCUT2D eigenvalue weighted by Gasteiger charge is -2.29. The quantitative estimate of drug-likeness (QED) is 0.675. The maximum Gasteiger partial charge on any atom is 0.413 e. The summed E-state index contributed by atoms with van der Waals surface area (Å²) in [7, 11) is 0. The van der Waals surface area contributed by atoms with Crippen LogP contribution < -0.4 is 10.6 Å². The van der Waals surface area contributed by atoms with E-state index in [2.05, 4.69) is 15.6 Å². The van der Waals surface area contributed by atoms with Crippen molar-refractivity contribution in [1.29, 1.82) is 0 Å². The minimum atomic E-state index is -0.837. The Labute approximate surface area is 157 Å². The van der Waals surface area contributed by atoms with Crippen molar-refractivity contribution in [3.8, 4) is 0 Å². The number of carbonyl (C=O) groups is 2. The number of anilines is 1. The van der Waals surface area contributed by atoms with Crippen molar-refractivity contribution in [3.05, 3.63) is 23.9 Å². The van der Waals surface area contributed by atoms with Gasteiger partial charge < -0.3 is 20.1 Å². The van der Waals surface area contributed by atoms with Gasteiger partial charge in [0.25, 0.3) is 0 Å². The normalized spacial score (nSPS) is 14.6. The number of thiocarbonyl (C=S) groups is 1. The van der Waals surface area contributed by atoms with E-state index in [0.717, 1.165) is 31.4 Å². The van der Waals surface area contributed by atoms with E-state index in [1.54, 1.807) is 13.0 Å². The molecule has 1 aromatic heterocycles. The molecule has 2 amide bonds. The lowest BCUT2D eigenvalue weighted by Crippen LogP contribution is -2.37. The number of nitrogens with one attached hydrogen (secondary N) is 2. The molecule has 142 valence electrons. The van der Waals surface area contributed by atoms with Crippen molar-refractivity contribution >= 4 is 35.3 Å². The van der Waals surface area contributed by atoms with Crippen LogP contribution in [0.5, 0.6) is 0 Å². The number of hydrogen-bond acceptors (Lipinski definition) is 5. The molecule has 9 heteroatoms. The van der Waals surface area contributed by atoms with E-state index in [9.17, 15) is 9.59 Å². The van der Waals surface area contributed by atoms with Crippen LogP contribution in [0.1, 0.15) is 31.9 Å². The zero-order valence-corrected chi connectivity index (χ0v) is 15.6. The van der Waals surface area contributed by atoms with Gasteiger partial charge in [0.15, 0.2) is 5.11 Å². The van der Waals surface area contributed by atoms with Crippen LogP contribution in [-0.4, -0.2) is 52.0 Å². The maximum absolute atomic E-state index is 11.3. The fraction of sp³-hybridized carbons (Fsp3) is 0.529. The number of aryl methyl sites for hydroxylation is 1. The van der Waals surface area contributed by atoms with Gasteiger partial charge in [0.2, 0.25) is 0 Å². The van der Waals surface area contributed by atoms with Crippen LogP contribution in [0.25, 0.3) is 0 Å². The lowest BCUT2D eigenvalue weighted by molar-refractivity contribution is 0.123. The van der Waals surface area contributed by atoms with Crippen LogP contribution in [0.15, 0.2) is 18.2 Å². The number of amides is 2. The summed E-state index contributed by atoms with van der Waals surface area (Å²) in [6, 6.07) is 5.60. The number of carboxylic acid groups (broad SMARTS) is 1. The molecule has 1 aliphatic heterocycles. The monoisotopic (exact) mass is 380 g/mol. The zero-order valence-electron chi connectivity index (χ0n) is 14.7. The summed E-state index contributed by atoms with van der Waals surface area (Å²) in [5.41, 5.74) is 0.926. The molecule has 1 aromatic rings. The Bertz CT molecular complexity index is 647. The van der Waals surface area contributed by atoms with Gasteiger partial charge in [-0.25, -0.2) is 14.6 Å². The third kappa shape index (κ3) is 6.47. The highest BCUT2D eigenvalue weighted by molar-refractivity contribution is 7.80. The third-order valence-electron chi connectivity index (χ3n) is 4.23. The highest BCUT2D eigenvalue weighted by atomic mass is 32.1. The van der Waals surface area contributed by atoms with E-state index in [-0.39, 0.29) is 11.7 Å². The average molecular weight is 380 g/mol. The van der Waals surface area contributed by atoms with Gasteiger partial charge in [0.1, 0.15) is 5.82 Å². The van der Waals surface area contributed by atoms with Gasteiger partial charge in [-0.05, 0) is 62.9 Å². The Morgan fingerprint density at radius 1 is 1.38 bits per heavy atom. The molecule has 2 rings (SSSR count). The molecular formula is C17H24N4O4S. The summed E-state index contributed by atoms with van der Waals surface area (Å²) in [4.78, 5) is 28.2. The van der Waals surface area contributed by atoms with E-state index >= 15 is 0 Å². The first kappa shape index (κ1) is 19.9. The van der Waals surface area contributed by atoms with Crippen LogP contribution in [-0.2, 0) is 11.2 Å². The van der Waals surface area contributed by atoms with Gasteiger partial charge in [0.05, 0.1) is 6.61 Å². The molecule has 3 N–H and O–H groups in total. The van der Waals surface area contributed by atoms with Gasteiger partial charge in [-0.15, -0.1) is 0 Å². The van der Waals surface area contributed by atoms with E-state index in [0.29, 0.717) is 24.8 Å². The summed E-state index contributed by atoms with van der Waals surface area (Å²) in [6.45, 7) is 3.19. The molecule has 1 aliphatic rings. The number of nitrogens with zero attached hydrogens (tertiary/aromatic N) is 2. The highest BCUT2D eigenvalue weighted by Gasteiger charge is 2.22. The molecule has 2 heterocycles. The smallest absolute Gasteiger partial charge is 0.413 e. The molecule has 0 bridgehead atoms. The molecule has 0 spiro atoms. The molecular weight excluding hydrogens is 356 g/mol. The van der Waals surface area contributed by atoms with E-state index < -0.39 is 12.2 Å². The Morgan fingerprint density at radius 2 is 2.12 bits per heavy atom. The fourth-order valence-electron chi connectivity index (χ4n) is 2.86. The summed E-state index contributed by atoms with van der Waals surface area (Å²) in [5.74, 6) is 1.07. The first-order valence-corrected chi connectivity index (χ1v) is 9.07. The number of piperidine rings is 1. The van der Waals surface area contributed by atoms with E-state index in [1.807, 2.05) is 12.1 Å². The number of ether oxygens (including phenoxy) is 1. The van der Waals surface area contributed by atoms with E-state index in [4.69, 9.17) is 22.1 Å². The number of pyridine rings is 1. The predicted molar refractivity (Wildman–Crippen MR) is 101 cm³/mol. The topological polar surface area (TPSA) is 104 Å². The first-order chi connectivity index (χ1) is 12.5. The Kier molecular flexibility index (Phi) is 7.58. The number of hydrogen-bond donors (Lipinski definition) is 3. The van der Waals surface area contributed by atoms with Crippen LogP contribution in [0.3, 0.4) is 0 Å². The first-order valence-electron chi connectivity index (χ1n) is 8.66. The number of likely N-dealkylation sites (tertiary alicyclic amines) is 1. The molecule has 0 aromatic carbocycles. The van der Waals surface area contributed by atoms with Crippen molar-refractivity contribution in [2.24, 2.45) is 5.92 Å². The molecule has 8 nitrogen and oxygen atoms in total. The summed E-state index contributed by atoms with van der Waals surface area (Å²) in [6.07, 6.45) is 2.11. The molecule has 0 unspecified atom stereocenters. The van der Waals surface area contributed by atoms with Gasteiger partial charge in [-0.3, -0.25) is 5.32 Å². The Hall–Kier alpha value is -2.42. The Balaban J connectivity index is 1.79. The van der Waals surface area contributed by atoms with Crippen molar-refractivity contribution in [3.63, 3.8) is 0 Å². The van der Waals surface area contributed by atoms with Gasteiger partial charge in [-0.1, -0.05) is 6.07 Å². The molecule has 0 atom stereocenters. The average Bonchev–Trinajstić information content (AvgIpc) is 2.60. The highest BCUT2D eigenvalue weighted by Crippen LogP contribution is 2.22. The predicted octanol–water partition coefficient (Wildman–Crippen LogP) is 2.85. The summed E-state index contributed by atoms with van der Waals surface area (Å²) < 4.78 is 4.76. The van der Waals surface area contributed by atoms with Crippen LogP contribution in [0.2, 0.25) is 0 Å². The Morgan fingerprint density at radius 3 is 2.77 bits per heavy atom. The summed E-state index contributed by atoms with van der Waals surface area (Å²) in [5, 5.41) is 14.4. The maximum atomic E-state index is 11.3. The fourth-order valence-corrected chi connectivity index (χ4v) is 3.05. The van der Waals surface area contributed by atoms with Gasteiger partial charge in [0, 0.05) is 18.8 Å². The second-order valence-electron chi connectivity index (χ2n) is 6.07. The number of carbonyl (C=O) groups excluding carboxylic acids is 1. The van der Waals surface area contributed by atoms with Crippen molar-refractivity contribution < 1.29 is 19.4 Å². The molecule has 0 aliphatic carbocycles. The van der Waals surface area contributed by atoms with Crippen molar-refractivity contribution in [2.45, 2.75) is 32.6 Å². The lowest BCUT2D eigenvalue weighted by atomic mass is 9.91. The molecule has 0 radical (unpaired) electrons. The van der Waals surface area contributed by atoms with Crippen LogP contribution >= 0.6 is 12.2 Å². The SMILES string of the molecule is CCOC(=O)NC(=S)Nc1cccc(CCC2CCN(C(=O)O)CC2)n1. The minimum absolute atomic E-state index is 0.133. The second-order valence-corrected chi connectivity index (χ2v) is 6.47. The molecule has 1 fully saturated rings. The largest absolute Gasteiger partial charge is 0.465 e. The van der Waals surface area contributed by atoms with Crippen LogP contribution in [0.4, 0.5) is 15.4 Å². The molecule has 1 saturated heterocycles. The molecule has 26 heavy (non-hydrogen) atoms.